The van der Waals surface area contributed by atoms with E-state index in [2.05, 4.69) is 17.1 Å². The summed E-state index contributed by atoms with van der Waals surface area (Å²) >= 11 is 0. The van der Waals surface area contributed by atoms with Crippen LogP contribution in [-0.2, 0) is 9.47 Å². The minimum Gasteiger partial charge on any atom is -0.444 e. The fourth-order valence-electron chi connectivity index (χ4n) is 2.76. The molecule has 6 nitrogen and oxygen atoms in total. The number of rotatable bonds is 2. The molecule has 0 aliphatic carbocycles. The van der Waals surface area contributed by atoms with Gasteiger partial charge in [-0.05, 0) is 27.7 Å². The molecule has 2 saturated heterocycles. The lowest BCUT2D eigenvalue weighted by Crippen LogP contribution is -2.59. The fourth-order valence-corrected chi connectivity index (χ4v) is 2.76. The Hall–Kier alpha value is -0.850. The zero-order valence-electron chi connectivity index (χ0n) is 13.7. The number of nitrogens with one attached hydrogen (secondary N) is 1. The van der Waals surface area contributed by atoms with Crippen molar-refractivity contribution in [2.45, 2.75) is 45.4 Å². The lowest BCUT2D eigenvalue weighted by molar-refractivity contribution is -0.0112. The number of hydrogen-bond acceptors (Lipinski definition) is 5. The molecule has 0 aromatic carbocycles. The van der Waals surface area contributed by atoms with Gasteiger partial charge in [-0.15, -0.1) is 0 Å². The fraction of sp³-hybridized carbons (Fsp3) is 0.933. The van der Waals surface area contributed by atoms with Crippen LogP contribution in [-0.4, -0.2) is 79.5 Å². The highest BCUT2D eigenvalue weighted by Crippen LogP contribution is 2.13. The van der Waals surface area contributed by atoms with Crippen molar-refractivity contribution in [3.8, 4) is 0 Å². The first-order valence-corrected chi connectivity index (χ1v) is 7.88. The molecule has 6 heteroatoms. The zero-order valence-corrected chi connectivity index (χ0v) is 13.7. The third-order valence-corrected chi connectivity index (χ3v) is 3.87. The topological polar surface area (TPSA) is 54.0 Å². The summed E-state index contributed by atoms with van der Waals surface area (Å²) in [4.78, 5) is 16.4. The molecule has 1 amide bonds. The van der Waals surface area contributed by atoms with E-state index in [1.165, 1.54) is 0 Å². The van der Waals surface area contributed by atoms with Crippen molar-refractivity contribution >= 4 is 6.09 Å². The van der Waals surface area contributed by atoms with Crippen LogP contribution < -0.4 is 5.32 Å². The lowest BCUT2D eigenvalue weighted by atomic mass is 10.1. The Morgan fingerprint density at radius 3 is 2.81 bits per heavy atom. The molecule has 2 aliphatic heterocycles. The van der Waals surface area contributed by atoms with Gasteiger partial charge in [-0.1, -0.05) is 0 Å². The van der Waals surface area contributed by atoms with Gasteiger partial charge in [-0.25, -0.2) is 4.79 Å². The number of morpholine rings is 1. The van der Waals surface area contributed by atoms with Gasteiger partial charge in [0, 0.05) is 44.8 Å². The van der Waals surface area contributed by atoms with E-state index in [0.29, 0.717) is 25.2 Å². The first-order valence-electron chi connectivity index (χ1n) is 7.88. The molecule has 1 N–H and O–H groups in total. The van der Waals surface area contributed by atoms with Gasteiger partial charge in [0.25, 0.3) is 0 Å². The smallest absolute Gasteiger partial charge is 0.410 e. The highest BCUT2D eigenvalue weighted by atomic mass is 16.6. The second kappa shape index (κ2) is 6.94. The van der Waals surface area contributed by atoms with Gasteiger partial charge in [-0.2, -0.15) is 0 Å². The Bertz CT molecular complexity index is 357. The van der Waals surface area contributed by atoms with E-state index in [1.54, 1.807) is 0 Å². The Balaban J connectivity index is 1.84. The summed E-state index contributed by atoms with van der Waals surface area (Å²) in [5, 5.41) is 3.50. The van der Waals surface area contributed by atoms with E-state index < -0.39 is 5.60 Å². The van der Waals surface area contributed by atoms with Gasteiger partial charge < -0.3 is 19.7 Å². The molecule has 0 unspecified atom stereocenters. The molecule has 2 aliphatic rings. The first-order chi connectivity index (χ1) is 9.85. The van der Waals surface area contributed by atoms with Gasteiger partial charge in [-0.3, -0.25) is 4.90 Å². The van der Waals surface area contributed by atoms with Crippen LogP contribution in [0.3, 0.4) is 0 Å². The van der Waals surface area contributed by atoms with Gasteiger partial charge in [0.05, 0.1) is 13.2 Å². The molecule has 0 bridgehead atoms. The number of amides is 1. The van der Waals surface area contributed by atoms with Crippen LogP contribution in [0.1, 0.15) is 27.7 Å². The van der Waals surface area contributed by atoms with Crippen LogP contribution in [0.2, 0.25) is 0 Å². The van der Waals surface area contributed by atoms with Crippen LogP contribution in [0.4, 0.5) is 4.79 Å². The predicted molar refractivity (Wildman–Crippen MR) is 81.5 cm³/mol. The molecule has 122 valence electrons. The quantitative estimate of drug-likeness (QED) is 0.821. The third kappa shape index (κ3) is 5.13. The van der Waals surface area contributed by atoms with Crippen LogP contribution in [0.15, 0.2) is 0 Å². The van der Waals surface area contributed by atoms with Crippen LogP contribution in [0.5, 0.6) is 0 Å². The number of carbonyl (C=O) groups is 1. The zero-order chi connectivity index (χ0) is 15.5. The third-order valence-electron chi connectivity index (χ3n) is 3.87. The second-order valence-corrected chi connectivity index (χ2v) is 7.00. The van der Waals surface area contributed by atoms with Crippen molar-refractivity contribution in [1.82, 2.24) is 15.1 Å². The number of carbonyl (C=O) groups excluding carboxylic acids is 1. The number of ether oxygens (including phenoxy) is 2. The molecule has 21 heavy (non-hydrogen) atoms. The average molecular weight is 299 g/mol. The predicted octanol–water partition coefficient (Wildman–Crippen LogP) is 0.916. The highest BCUT2D eigenvalue weighted by Gasteiger charge is 2.29. The molecule has 2 heterocycles. The molecular weight excluding hydrogens is 270 g/mol. The van der Waals surface area contributed by atoms with E-state index in [4.69, 9.17) is 9.47 Å². The average Bonchev–Trinajstić information content (AvgIpc) is 2.40. The van der Waals surface area contributed by atoms with Gasteiger partial charge >= 0.3 is 6.09 Å². The lowest BCUT2D eigenvalue weighted by Gasteiger charge is -2.40. The summed E-state index contributed by atoms with van der Waals surface area (Å²) in [7, 11) is 0. The van der Waals surface area contributed by atoms with Gasteiger partial charge in [0.15, 0.2) is 0 Å². The minimum atomic E-state index is -0.434. The van der Waals surface area contributed by atoms with E-state index in [1.807, 2.05) is 25.7 Å². The molecule has 2 rings (SSSR count). The minimum absolute atomic E-state index is 0.205. The van der Waals surface area contributed by atoms with E-state index in [9.17, 15) is 4.79 Å². The monoisotopic (exact) mass is 299 g/mol. The van der Waals surface area contributed by atoms with Crippen LogP contribution >= 0.6 is 0 Å². The largest absolute Gasteiger partial charge is 0.444 e. The number of hydrogen-bond donors (Lipinski definition) is 1. The summed E-state index contributed by atoms with van der Waals surface area (Å²) in [6, 6.07) is 0.740. The van der Waals surface area contributed by atoms with E-state index in [0.717, 1.165) is 32.8 Å². The molecule has 0 aromatic heterocycles. The molecule has 0 aromatic rings. The Morgan fingerprint density at radius 2 is 2.14 bits per heavy atom. The summed E-state index contributed by atoms with van der Waals surface area (Å²) in [6.07, 6.45) is -0.205. The molecular formula is C15H29N3O3. The summed E-state index contributed by atoms with van der Waals surface area (Å²) in [6.45, 7) is 13.6. The van der Waals surface area contributed by atoms with Crippen LogP contribution in [0, 0.1) is 0 Å². The maximum absolute atomic E-state index is 12.2. The van der Waals surface area contributed by atoms with Gasteiger partial charge in [0.2, 0.25) is 0 Å². The normalized spacial score (nSPS) is 28.5. The standard InChI is InChI=1S/C15H29N3O3/c1-12-11-20-8-7-17(12)9-13-10-18(6-5-16-13)14(19)21-15(2,3)4/h12-13,16H,5-11H2,1-4H3/t12-,13+/m1/s1. The van der Waals surface area contributed by atoms with Crippen molar-refractivity contribution in [1.29, 1.82) is 0 Å². The summed E-state index contributed by atoms with van der Waals surface area (Å²) in [5.74, 6) is 0. The van der Waals surface area contributed by atoms with Gasteiger partial charge in [0.1, 0.15) is 5.60 Å². The first kappa shape index (κ1) is 16.5. The summed E-state index contributed by atoms with van der Waals surface area (Å²) in [5.41, 5.74) is -0.434. The number of piperazine rings is 1. The summed E-state index contributed by atoms with van der Waals surface area (Å²) < 4.78 is 10.9. The van der Waals surface area contributed by atoms with Crippen LogP contribution in [0.25, 0.3) is 0 Å². The molecule has 0 radical (unpaired) electrons. The molecule has 0 spiro atoms. The van der Waals surface area contributed by atoms with Crippen molar-refractivity contribution in [3.63, 3.8) is 0 Å². The van der Waals surface area contributed by atoms with Crippen molar-refractivity contribution in [2.75, 3.05) is 45.9 Å². The maximum Gasteiger partial charge on any atom is 0.410 e. The molecule has 0 saturated carbocycles. The van der Waals surface area contributed by atoms with Crippen molar-refractivity contribution < 1.29 is 14.3 Å². The number of nitrogens with zero attached hydrogens (tertiary/aromatic N) is 2. The van der Waals surface area contributed by atoms with E-state index >= 15 is 0 Å². The van der Waals surface area contributed by atoms with Crippen molar-refractivity contribution in [3.05, 3.63) is 0 Å². The van der Waals surface area contributed by atoms with Crippen molar-refractivity contribution in [2.24, 2.45) is 0 Å². The molecule has 2 atom stereocenters. The Morgan fingerprint density at radius 1 is 1.38 bits per heavy atom. The SMILES string of the molecule is C[C@@H]1COCCN1C[C@H]1CN(C(=O)OC(C)(C)C)CCN1. The second-order valence-electron chi connectivity index (χ2n) is 7.00. The van der Waals surface area contributed by atoms with E-state index in [-0.39, 0.29) is 6.09 Å². The Kier molecular flexibility index (Phi) is 5.46. The molecule has 2 fully saturated rings. The highest BCUT2D eigenvalue weighted by molar-refractivity contribution is 5.68. The maximum atomic E-state index is 12.2. The Labute approximate surface area is 127 Å².